The van der Waals surface area contributed by atoms with Gasteiger partial charge in [-0.25, -0.2) is 12.7 Å². The summed E-state index contributed by atoms with van der Waals surface area (Å²) in [7, 11) is -2.41. The zero-order valence-corrected chi connectivity index (χ0v) is 13.1. The number of anilines is 1. The van der Waals surface area contributed by atoms with E-state index in [4.69, 9.17) is 5.84 Å². The summed E-state index contributed by atoms with van der Waals surface area (Å²) >= 11 is 0. The number of benzene rings is 1. The minimum Gasteiger partial charge on any atom is -0.323 e. The Hall–Kier alpha value is -1.71. The van der Waals surface area contributed by atoms with Crippen LogP contribution in [0.3, 0.4) is 0 Å². The topological polar surface area (TPSA) is 119 Å². The van der Waals surface area contributed by atoms with Crippen molar-refractivity contribution in [2.75, 3.05) is 19.0 Å². The molecule has 0 aromatic heterocycles. The molecule has 1 aromatic carbocycles. The molecule has 0 spiro atoms. The monoisotopic (exact) mass is 316 g/mol. The first-order valence-corrected chi connectivity index (χ1v) is 7.85. The largest absolute Gasteiger partial charge is 0.323 e. The minimum absolute atomic E-state index is 0.122. The van der Waals surface area contributed by atoms with Gasteiger partial charge in [0.15, 0.2) is 0 Å². The van der Waals surface area contributed by atoms with Gasteiger partial charge in [0.25, 0.3) is 5.69 Å². The number of rotatable bonds is 7. The number of hydrazine groups is 1. The van der Waals surface area contributed by atoms with Crippen LogP contribution < -0.4 is 11.3 Å². The maximum atomic E-state index is 12.5. The van der Waals surface area contributed by atoms with Gasteiger partial charge in [-0.3, -0.25) is 16.0 Å². The number of non-ortho nitro benzene ring substituents is 1. The predicted molar refractivity (Wildman–Crippen MR) is 80.2 cm³/mol. The Kier molecular flexibility index (Phi) is 5.64. The van der Waals surface area contributed by atoms with Crippen LogP contribution in [-0.2, 0) is 10.0 Å². The first-order valence-electron chi connectivity index (χ1n) is 6.41. The molecule has 8 nitrogen and oxygen atoms in total. The van der Waals surface area contributed by atoms with Crippen molar-refractivity contribution in [1.29, 1.82) is 0 Å². The van der Waals surface area contributed by atoms with E-state index in [0.29, 0.717) is 18.9 Å². The predicted octanol–water partition coefficient (Wildman–Crippen LogP) is 1.55. The Labute approximate surface area is 124 Å². The molecule has 0 aliphatic heterocycles. The molecule has 0 saturated heterocycles. The summed E-state index contributed by atoms with van der Waals surface area (Å²) in [6.07, 6.45) is 0.691. The molecule has 0 aliphatic carbocycles. The van der Waals surface area contributed by atoms with Gasteiger partial charge < -0.3 is 5.43 Å². The highest BCUT2D eigenvalue weighted by Crippen LogP contribution is 2.28. The Morgan fingerprint density at radius 3 is 2.52 bits per heavy atom. The van der Waals surface area contributed by atoms with E-state index in [2.05, 4.69) is 5.43 Å². The third kappa shape index (κ3) is 4.13. The van der Waals surface area contributed by atoms with Crippen LogP contribution in [0.15, 0.2) is 23.1 Å². The van der Waals surface area contributed by atoms with Gasteiger partial charge in [0.1, 0.15) is 4.90 Å². The molecule has 0 fully saturated rings. The second kappa shape index (κ2) is 6.83. The van der Waals surface area contributed by atoms with Crippen LogP contribution >= 0.6 is 0 Å². The summed E-state index contributed by atoms with van der Waals surface area (Å²) in [5.41, 5.74) is 2.08. The molecule has 0 saturated carbocycles. The van der Waals surface area contributed by atoms with Gasteiger partial charge in [0.2, 0.25) is 10.0 Å². The van der Waals surface area contributed by atoms with Crippen LogP contribution in [0.1, 0.15) is 20.3 Å². The molecule has 9 heteroatoms. The molecule has 0 radical (unpaired) electrons. The Balaban J connectivity index is 3.22. The maximum absolute atomic E-state index is 12.5. The van der Waals surface area contributed by atoms with E-state index in [0.717, 1.165) is 6.07 Å². The van der Waals surface area contributed by atoms with Crippen molar-refractivity contribution >= 4 is 21.4 Å². The maximum Gasteiger partial charge on any atom is 0.270 e. The van der Waals surface area contributed by atoms with E-state index in [1.54, 1.807) is 0 Å². The lowest BCUT2D eigenvalue weighted by molar-refractivity contribution is -0.385. The Morgan fingerprint density at radius 2 is 2.05 bits per heavy atom. The number of hydrogen-bond acceptors (Lipinski definition) is 6. The van der Waals surface area contributed by atoms with Crippen LogP contribution in [0.25, 0.3) is 0 Å². The van der Waals surface area contributed by atoms with Crippen molar-refractivity contribution in [2.45, 2.75) is 25.2 Å². The van der Waals surface area contributed by atoms with Crippen molar-refractivity contribution in [3.05, 3.63) is 28.3 Å². The molecule has 0 unspecified atom stereocenters. The number of nitrogens with zero attached hydrogens (tertiary/aromatic N) is 2. The molecule has 1 aromatic rings. The van der Waals surface area contributed by atoms with Crippen molar-refractivity contribution in [1.82, 2.24) is 4.31 Å². The van der Waals surface area contributed by atoms with E-state index in [-0.39, 0.29) is 16.3 Å². The lowest BCUT2D eigenvalue weighted by Gasteiger charge is -2.19. The summed E-state index contributed by atoms with van der Waals surface area (Å²) in [4.78, 5) is 9.96. The number of nitrogen functional groups attached to an aromatic ring is 1. The van der Waals surface area contributed by atoms with Crippen LogP contribution in [0.4, 0.5) is 11.4 Å². The van der Waals surface area contributed by atoms with E-state index < -0.39 is 14.9 Å². The Bertz CT molecular complexity index is 616. The molecule has 118 valence electrons. The highest BCUT2D eigenvalue weighted by atomic mass is 32.2. The number of nitro benzene ring substituents is 1. The molecule has 0 atom stereocenters. The van der Waals surface area contributed by atoms with Crippen molar-refractivity contribution < 1.29 is 13.3 Å². The normalized spacial score (nSPS) is 11.9. The second-order valence-electron chi connectivity index (χ2n) is 5.09. The molecule has 3 N–H and O–H groups in total. The first kappa shape index (κ1) is 17.3. The fraction of sp³-hybridized carbons (Fsp3) is 0.500. The number of nitro groups is 1. The zero-order valence-electron chi connectivity index (χ0n) is 12.2. The van der Waals surface area contributed by atoms with Crippen LogP contribution in [-0.4, -0.2) is 31.2 Å². The van der Waals surface area contributed by atoms with Crippen molar-refractivity contribution in [3.8, 4) is 0 Å². The van der Waals surface area contributed by atoms with Crippen LogP contribution in [0.2, 0.25) is 0 Å². The molecule has 0 heterocycles. The molecule has 0 amide bonds. The van der Waals surface area contributed by atoms with E-state index in [1.165, 1.54) is 23.5 Å². The lowest BCUT2D eigenvalue weighted by atomic mass is 10.1. The van der Waals surface area contributed by atoms with Gasteiger partial charge in [-0.2, -0.15) is 0 Å². The third-order valence-electron chi connectivity index (χ3n) is 3.04. The summed E-state index contributed by atoms with van der Waals surface area (Å²) < 4.78 is 26.2. The molecule has 1 rings (SSSR count). The zero-order chi connectivity index (χ0) is 16.2. The fourth-order valence-electron chi connectivity index (χ4n) is 1.69. The van der Waals surface area contributed by atoms with Crippen molar-refractivity contribution in [3.63, 3.8) is 0 Å². The molecule has 0 aliphatic rings. The van der Waals surface area contributed by atoms with E-state index >= 15 is 0 Å². The summed E-state index contributed by atoms with van der Waals surface area (Å²) in [6, 6.07) is 3.49. The van der Waals surface area contributed by atoms with Gasteiger partial charge in [-0.15, -0.1) is 0 Å². The number of hydrogen-bond donors (Lipinski definition) is 2. The first-order chi connectivity index (χ1) is 9.70. The highest BCUT2D eigenvalue weighted by Gasteiger charge is 2.26. The van der Waals surface area contributed by atoms with Gasteiger partial charge in [-0.1, -0.05) is 13.8 Å². The van der Waals surface area contributed by atoms with Crippen LogP contribution in [0, 0.1) is 16.0 Å². The molecule has 21 heavy (non-hydrogen) atoms. The third-order valence-corrected chi connectivity index (χ3v) is 4.94. The smallest absolute Gasteiger partial charge is 0.270 e. The average molecular weight is 316 g/mol. The van der Waals surface area contributed by atoms with Gasteiger partial charge in [-0.05, 0) is 18.4 Å². The molecule has 0 bridgehead atoms. The minimum atomic E-state index is -3.85. The summed E-state index contributed by atoms with van der Waals surface area (Å²) in [6.45, 7) is 4.30. The number of nitrogens with two attached hydrogens (primary N) is 1. The van der Waals surface area contributed by atoms with Gasteiger partial charge in [0.05, 0.1) is 10.6 Å². The fourth-order valence-corrected chi connectivity index (χ4v) is 3.04. The van der Waals surface area contributed by atoms with E-state index in [1.807, 2.05) is 13.8 Å². The van der Waals surface area contributed by atoms with Crippen LogP contribution in [0.5, 0.6) is 0 Å². The van der Waals surface area contributed by atoms with E-state index in [9.17, 15) is 18.5 Å². The summed E-state index contributed by atoms with van der Waals surface area (Å²) in [5.74, 6) is 5.64. The number of sulfonamides is 1. The van der Waals surface area contributed by atoms with Crippen molar-refractivity contribution in [2.24, 2.45) is 11.8 Å². The second-order valence-corrected chi connectivity index (χ2v) is 7.10. The number of nitrogens with one attached hydrogen (secondary N) is 1. The Morgan fingerprint density at radius 1 is 1.43 bits per heavy atom. The van der Waals surface area contributed by atoms with Gasteiger partial charge >= 0.3 is 0 Å². The van der Waals surface area contributed by atoms with Gasteiger partial charge in [0, 0.05) is 25.7 Å². The summed E-state index contributed by atoms with van der Waals surface area (Å²) in [5, 5.41) is 10.8. The highest BCUT2D eigenvalue weighted by molar-refractivity contribution is 7.89. The quantitative estimate of drug-likeness (QED) is 0.447. The molecular weight excluding hydrogens is 296 g/mol. The lowest BCUT2D eigenvalue weighted by Crippen LogP contribution is -2.29. The molecular formula is C12H20N4O4S. The SMILES string of the molecule is CC(C)CCN(C)S(=O)(=O)c1cc([N+](=O)[O-])ccc1NN. The average Bonchev–Trinajstić information content (AvgIpc) is 2.43. The standard InChI is InChI=1S/C12H20N4O4S/c1-9(2)6-7-15(3)21(19,20)12-8-10(16(17)18)4-5-11(12)14-13/h4-5,8-9,14H,6-7,13H2,1-3H3.